The number of anilines is 2. The number of nitrogens with zero attached hydrogens (tertiary/aromatic N) is 12. The third-order valence-electron chi connectivity index (χ3n) is 15.0. The minimum atomic E-state index is -0.395. The van der Waals surface area contributed by atoms with E-state index in [-0.39, 0.29) is 22.6 Å². The third-order valence-corrected chi connectivity index (χ3v) is 15.0. The predicted molar refractivity (Wildman–Crippen MR) is 253 cm³/mol. The fraction of sp³-hybridized carbons (Fsp3) is 0.480. The second-order valence-electron chi connectivity index (χ2n) is 20.0. The van der Waals surface area contributed by atoms with E-state index in [2.05, 4.69) is 57.2 Å². The number of methoxy groups -OCH3 is 2. The summed E-state index contributed by atoms with van der Waals surface area (Å²) < 4.78 is 14.9. The zero-order valence-electron chi connectivity index (χ0n) is 39.6. The van der Waals surface area contributed by atoms with Gasteiger partial charge in [-0.2, -0.15) is 0 Å². The van der Waals surface area contributed by atoms with Crippen molar-refractivity contribution in [1.29, 1.82) is 0 Å². The molecule has 0 aromatic carbocycles. The number of fused-ring (bicyclic) bond motifs is 4. The lowest BCUT2D eigenvalue weighted by atomic mass is 9.97. The second kappa shape index (κ2) is 16.7. The Hall–Kier alpha value is -6.34. The number of carbonyl (C=O) groups excluding carboxylic acids is 2. The Labute approximate surface area is 394 Å². The van der Waals surface area contributed by atoms with E-state index in [1.165, 1.54) is 0 Å². The highest BCUT2D eigenvalue weighted by molar-refractivity contribution is 6.10. The second-order valence-corrected chi connectivity index (χ2v) is 20.0. The maximum Gasteiger partial charge on any atom is 0.260 e. The molecule has 6 aromatic rings. The van der Waals surface area contributed by atoms with Gasteiger partial charge in [-0.15, -0.1) is 20.4 Å². The molecule has 18 heteroatoms. The first-order chi connectivity index (χ1) is 32.8. The number of aromatic nitrogens is 10. The first-order valence-electron chi connectivity index (χ1n) is 23.8. The van der Waals surface area contributed by atoms with Crippen molar-refractivity contribution in [2.45, 2.75) is 127 Å². The van der Waals surface area contributed by atoms with Crippen LogP contribution in [0.25, 0.3) is 23.0 Å². The van der Waals surface area contributed by atoms with Crippen molar-refractivity contribution in [2.75, 3.05) is 37.2 Å². The van der Waals surface area contributed by atoms with E-state index in [0.717, 1.165) is 120 Å². The molecule has 68 heavy (non-hydrogen) atoms. The largest absolute Gasteiger partial charge is 0.383 e. The lowest BCUT2D eigenvalue weighted by molar-refractivity contribution is 0.0988. The van der Waals surface area contributed by atoms with Gasteiger partial charge in [0.2, 0.25) is 0 Å². The SMILES string of the molecule is COC[C@@H](N)c1nc(C2(C)CC2)cc2c1CN(c1cccc(-c3nnc4n3[C@@H](C)CC4)n1)C2=O.COC[C@@H](N)c1nc(C2(C)CC2)cc2c1CN(c1cccc(-c3nnc4n3[C@@H](C)CC4)n1)C2=O. The molecular formula is C50H58N14O4. The summed E-state index contributed by atoms with van der Waals surface area (Å²) in [7, 11) is 3.25. The molecule has 4 N–H and O–H groups in total. The van der Waals surface area contributed by atoms with Gasteiger partial charge in [0, 0.05) is 83.6 Å². The highest BCUT2D eigenvalue weighted by Gasteiger charge is 2.45. The molecule has 6 aromatic heterocycles. The van der Waals surface area contributed by atoms with E-state index in [1.54, 1.807) is 24.0 Å². The summed E-state index contributed by atoms with van der Waals surface area (Å²) in [6, 6.07) is 15.2. The van der Waals surface area contributed by atoms with Gasteiger partial charge in [0.1, 0.15) is 34.7 Å². The van der Waals surface area contributed by atoms with Crippen molar-refractivity contribution in [2.24, 2.45) is 11.5 Å². The van der Waals surface area contributed by atoms with Gasteiger partial charge in [-0.1, -0.05) is 26.0 Å². The van der Waals surface area contributed by atoms with Crippen LogP contribution in [0.2, 0.25) is 0 Å². The van der Waals surface area contributed by atoms with Crippen molar-refractivity contribution >= 4 is 23.5 Å². The first kappa shape index (κ1) is 44.2. The molecular weight excluding hydrogens is 861 g/mol. The number of amides is 2. The molecule has 2 aliphatic carbocycles. The first-order valence-corrected chi connectivity index (χ1v) is 23.8. The molecule has 2 amide bonds. The van der Waals surface area contributed by atoms with Gasteiger partial charge in [-0.3, -0.25) is 29.4 Å². The summed E-state index contributed by atoms with van der Waals surface area (Å²) in [5, 5.41) is 17.5. The molecule has 2 saturated carbocycles. The Morgan fingerprint density at radius 3 is 1.43 bits per heavy atom. The van der Waals surface area contributed by atoms with Gasteiger partial charge < -0.3 is 30.1 Å². The van der Waals surface area contributed by atoms with Gasteiger partial charge in [-0.25, -0.2) is 9.97 Å². The standard InChI is InChI=1S/2C25H29N7O2/c2*1-14-7-8-21-29-30-23(32(14)21)18-5-4-6-20(27-18)31-12-16-15(24(31)33)11-19(25(2)9-10-25)28-22(16)17(26)13-34-3/h2*4-6,11,14,17H,7-10,12-13,26H2,1-3H3/t2*14-,17+/m00/s1. The summed E-state index contributed by atoms with van der Waals surface area (Å²) in [4.78, 5) is 50.2. The number of hydrogen-bond acceptors (Lipinski definition) is 14. The van der Waals surface area contributed by atoms with Crippen molar-refractivity contribution < 1.29 is 19.1 Å². The van der Waals surface area contributed by atoms with Crippen molar-refractivity contribution in [3.8, 4) is 23.0 Å². The van der Waals surface area contributed by atoms with Crippen LogP contribution in [-0.4, -0.2) is 88.7 Å². The third kappa shape index (κ3) is 7.48. The Balaban J connectivity index is 0.000000149. The number of nitrogens with two attached hydrogens (primary N) is 2. The molecule has 6 aliphatic rings. The molecule has 0 bridgehead atoms. The fourth-order valence-corrected chi connectivity index (χ4v) is 10.2. The lowest BCUT2D eigenvalue weighted by Gasteiger charge is -2.18. The average Bonchev–Trinajstić information content (AvgIpc) is 3.76. The van der Waals surface area contributed by atoms with Crippen LogP contribution in [0.15, 0.2) is 48.5 Å². The van der Waals surface area contributed by atoms with Gasteiger partial charge in [-0.05, 0) is 88.8 Å². The smallest absolute Gasteiger partial charge is 0.260 e. The highest BCUT2D eigenvalue weighted by atomic mass is 16.5. The van der Waals surface area contributed by atoms with Gasteiger partial charge >= 0.3 is 0 Å². The van der Waals surface area contributed by atoms with Crippen LogP contribution in [0, 0.1) is 0 Å². The minimum Gasteiger partial charge on any atom is -0.383 e. The molecule has 12 rings (SSSR count). The number of carbonyl (C=O) groups is 2. The number of ether oxygens (including phenoxy) is 2. The zero-order chi connectivity index (χ0) is 47.2. The van der Waals surface area contributed by atoms with Crippen LogP contribution in [0.5, 0.6) is 0 Å². The molecule has 2 fully saturated rings. The monoisotopic (exact) mass is 918 g/mol. The van der Waals surface area contributed by atoms with E-state index in [0.29, 0.717) is 61.1 Å². The summed E-state index contributed by atoms with van der Waals surface area (Å²) in [6.07, 6.45) is 8.23. The number of pyridine rings is 4. The molecule has 4 aliphatic heterocycles. The van der Waals surface area contributed by atoms with Gasteiger partial charge in [0.25, 0.3) is 11.8 Å². The van der Waals surface area contributed by atoms with Crippen molar-refractivity contribution in [1.82, 2.24) is 49.5 Å². The van der Waals surface area contributed by atoms with Gasteiger partial charge in [0.15, 0.2) is 11.6 Å². The molecule has 0 unspecified atom stereocenters. The van der Waals surface area contributed by atoms with Crippen LogP contribution >= 0.6 is 0 Å². The van der Waals surface area contributed by atoms with Crippen LogP contribution in [0.3, 0.4) is 0 Å². The zero-order valence-corrected chi connectivity index (χ0v) is 39.6. The summed E-state index contributed by atoms with van der Waals surface area (Å²) in [5.74, 6) is 4.52. The van der Waals surface area contributed by atoms with E-state index in [1.807, 2.05) is 48.5 Å². The summed E-state index contributed by atoms with van der Waals surface area (Å²) in [6.45, 7) is 10.2. The Morgan fingerprint density at radius 1 is 0.632 bits per heavy atom. The Kier molecular flexibility index (Phi) is 10.9. The maximum absolute atomic E-state index is 13.6. The molecule has 0 radical (unpaired) electrons. The number of rotatable bonds is 12. The van der Waals surface area contributed by atoms with Crippen LogP contribution in [0.4, 0.5) is 11.6 Å². The molecule has 0 spiro atoms. The maximum atomic E-state index is 13.6. The number of aryl methyl sites for hydroxylation is 2. The van der Waals surface area contributed by atoms with Crippen LogP contribution < -0.4 is 21.3 Å². The van der Waals surface area contributed by atoms with E-state index in [9.17, 15) is 9.59 Å². The van der Waals surface area contributed by atoms with Crippen molar-refractivity contribution in [3.63, 3.8) is 0 Å². The lowest BCUT2D eigenvalue weighted by Crippen LogP contribution is -2.24. The van der Waals surface area contributed by atoms with Crippen LogP contribution in [-0.2, 0) is 46.2 Å². The predicted octanol–water partition coefficient (Wildman–Crippen LogP) is 6.20. The average molecular weight is 919 g/mol. The summed E-state index contributed by atoms with van der Waals surface area (Å²) in [5.41, 5.74) is 20.8. The molecule has 0 saturated heterocycles. The van der Waals surface area contributed by atoms with Gasteiger partial charge in [0.05, 0.1) is 49.8 Å². The van der Waals surface area contributed by atoms with E-state index >= 15 is 0 Å². The quantitative estimate of drug-likeness (QED) is 0.140. The minimum absolute atomic E-state index is 0.0210. The normalized spacial score (nSPS) is 21.0. The highest BCUT2D eigenvalue weighted by Crippen LogP contribution is 2.49. The van der Waals surface area contributed by atoms with E-state index in [4.69, 9.17) is 40.9 Å². The molecule has 4 atom stereocenters. The molecule has 352 valence electrons. The van der Waals surface area contributed by atoms with E-state index < -0.39 is 12.1 Å². The molecule has 10 heterocycles. The Morgan fingerprint density at radius 2 is 1.04 bits per heavy atom. The number of hydrogen-bond donors (Lipinski definition) is 2. The topological polar surface area (TPSA) is 224 Å². The molecule has 18 nitrogen and oxygen atoms in total. The van der Waals surface area contributed by atoms with Crippen molar-refractivity contribution in [3.05, 3.63) is 105 Å². The summed E-state index contributed by atoms with van der Waals surface area (Å²) >= 11 is 0. The fourth-order valence-electron chi connectivity index (χ4n) is 10.2. The Bertz CT molecular complexity index is 2790. The van der Waals surface area contributed by atoms with Crippen LogP contribution in [0.1, 0.15) is 157 Å².